The maximum atomic E-state index is 12.6. The van der Waals surface area contributed by atoms with Gasteiger partial charge in [-0.2, -0.15) is 0 Å². The molecule has 0 radical (unpaired) electrons. The number of nitrogens with zero attached hydrogens (tertiary/aromatic N) is 1. The molecule has 1 aliphatic rings. The van der Waals surface area contributed by atoms with Gasteiger partial charge in [-0.3, -0.25) is 4.79 Å². The van der Waals surface area contributed by atoms with Crippen molar-refractivity contribution in [2.45, 2.75) is 39.5 Å². The average molecular weight is 324 g/mol. The molecule has 1 aliphatic carbocycles. The van der Waals surface area contributed by atoms with E-state index in [1.807, 2.05) is 0 Å². The van der Waals surface area contributed by atoms with Crippen LogP contribution in [0.25, 0.3) is 0 Å². The number of methoxy groups -OCH3 is 1. The van der Waals surface area contributed by atoms with Crippen LogP contribution in [0.4, 0.5) is 0 Å². The number of rotatable bonds is 6. The third kappa shape index (κ3) is 4.02. The molecule has 0 aromatic carbocycles. The topological polar surface area (TPSA) is 41.6 Å². The van der Waals surface area contributed by atoms with E-state index in [1.54, 1.807) is 18.4 Å². The van der Waals surface area contributed by atoms with Gasteiger partial charge in [0.05, 0.1) is 7.11 Å². The predicted molar refractivity (Wildman–Crippen MR) is 92.2 cm³/mol. The molecule has 0 fully saturated rings. The van der Waals surface area contributed by atoms with Gasteiger partial charge in [-0.1, -0.05) is 13.8 Å². The zero-order chi connectivity index (χ0) is 16.3. The Hall–Kier alpha value is -1.07. The highest BCUT2D eigenvalue weighted by Crippen LogP contribution is 2.39. The zero-order valence-electron chi connectivity index (χ0n) is 14.4. The van der Waals surface area contributed by atoms with Gasteiger partial charge in [0.15, 0.2) is 0 Å². The minimum absolute atomic E-state index is 0.00285. The minimum atomic E-state index is 0.00285. The Morgan fingerprint density at radius 2 is 2.00 bits per heavy atom. The van der Waals surface area contributed by atoms with Gasteiger partial charge in [0, 0.05) is 23.5 Å². The van der Waals surface area contributed by atoms with Crippen LogP contribution < -0.4 is 10.1 Å². The molecule has 4 nitrogen and oxygen atoms in total. The summed E-state index contributed by atoms with van der Waals surface area (Å²) in [6.07, 6.45) is 4.52. The Balaban J connectivity index is 2.08. The summed E-state index contributed by atoms with van der Waals surface area (Å²) in [5.74, 6) is 0.811. The fraction of sp³-hybridized carbons (Fsp3) is 0.706. The lowest BCUT2D eigenvalue weighted by Gasteiger charge is -2.28. The monoisotopic (exact) mass is 324 g/mol. The van der Waals surface area contributed by atoms with Crippen molar-refractivity contribution in [3.05, 3.63) is 15.3 Å². The van der Waals surface area contributed by atoms with Crippen molar-refractivity contribution in [3.8, 4) is 5.75 Å². The van der Waals surface area contributed by atoms with Crippen molar-refractivity contribution in [2.24, 2.45) is 5.41 Å². The molecule has 1 N–H and O–H groups in total. The van der Waals surface area contributed by atoms with Gasteiger partial charge in [0.25, 0.3) is 5.91 Å². The van der Waals surface area contributed by atoms with Crippen molar-refractivity contribution in [1.82, 2.24) is 10.2 Å². The van der Waals surface area contributed by atoms with Crippen LogP contribution in [0.1, 0.15) is 46.8 Å². The molecule has 5 heteroatoms. The number of hydrogen-bond acceptors (Lipinski definition) is 4. The summed E-state index contributed by atoms with van der Waals surface area (Å²) >= 11 is 1.61. The second-order valence-corrected chi connectivity index (χ2v) is 8.26. The van der Waals surface area contributed by atoms with Crippen LogP contribution in [0.3, 0.4) is 0 Å². The SMILES string of the molecule is COc1c(C(=O)NCC(C)(C)CN(C)C)sc2c1CCCC2. The lowest BCUT2D eigenvalue weighted by molar-refractivity contribution is 0.0930. The number of hydrogen-bond donors (Lipinski definition) is 1. The molecule has 0 spiro atoms. The highest BCUT2D eigenvalue weighted by molar-refractivity contribution is 7.14. The molecule has 0 unspecified atom stereocenters. The fourth-order valence-electron chi connectivity index (χ4n) is 3.21. The number of amides is 1. The Labute approximate surface area is 137 Å². The van der Waals surface area contributed by atoms with Gasteiger partial charge in [0.1, 0.15) is 10.6 Å². The van der Waals surface area contributed by atoms with E-state index < -0.39 is 0 Å². The number of aryl methyl sites for hydroxylation is 1. The van der Waals surface area contributed by atoms with Gasteiger partial charge in [0.2, 0.25) is 0 Å². The molecule has 124 valence electrons. The van der Waals surface area contributed by atoms with Crippen LogP contribution in [-0.2, 0) is 12.8 Å². The molecule has 0 saturated carbocycles. The molecule has 1 amide bonds. The average Bonchev–Trinajstić information content (AvgIpc) is 2.82. The summed E-state index contributed by atoms with van der Waals surface area (Å²) in [6, 6.07) is 0. The van der Waals surface area contributed by atoms with Crippen molar-refractivity contribution in [3.63, 3.8) is 0 Å². The molecule has 2 rings (SSSR count). The van der Waals surface area contributed by atoms with Crippen LogP contribution in [0.2, 0.25) is 0 Å². The molecular formula is C17H28N2O2S. The fourth-order valence-corrected chi connectivity index (χ4v) is 4.49. The van der Waals surface area contributed by atoms with Crippen LogP contribution in [0, 0.1) is 5.41 Å². The number of nitrogens with one attached hydrogen (secondary N) is 1. The number of thiophene rings is 1. The Bertz CT molecular complexity index is 535. The van der Waals surface area contributed by atoms with Crippen molar-refractivity contribution in [1.29, 1.82) is 0 Å². The normalized spacial score (nSPS) is 14.8. The van der Waals surface area contributed by atoms with Crippen LogP contribution in [0.15, 0.2) is 0 Å². The smallest absolute Gasteiger partial charge is 0.265 e. The number of carbonyl (C=O) groups is 1. The lowest BCUT2D eigenvalue weighted by atomic mass is 9.93. The highest BCUT2D eigenvalue weighted by Gasteiger charge is 2.27. The van der Waals surface area contributed by atoms with Crippen molar-refractivity contribution in [2.75, 3.05) is 34.3 Å². The largest absolute Gasteiger partial charge is 0.495 e. The first-order valence-corrected chi connectivity index (χ1v) is 8.77. The highest BCUT2D eigenvalue weighted by atomic mass is 32.1. The van der Waals surface area contributed by atoms with E-state index in [9.17, 15) is 4.79 Å². The van der Waals surface area contributed by atoms with Crippen molar-refractivity contribution < 1.29 is 9.53 Å². The van der Waals surface area contributed by atoms with E-state index in [1.165, 1.54) is 23.3 Å². The van der Waals surface area contributed by atoms with Crippen molar-refractivity contribution >= 4 is 17.2 Å². The minimum Gasteiger partial charge on any atom is -0.495 e. The molecule has 22 heavy (non-hydrogen) atoms. The molecule has 1 heterocycles. The van der Waals surface area contributed by atoms with Crippen LogP contribution in [-0.4, -0.2) is 45.1 Å². The molecule has 1 aromatic heterocycles. The standard InChI is InChI=1S/C17H28N2O2S/c1-17(2,11-19(3)4)10-18-16(20)15-14(21-5)12-8-6-7-9-13(12)22-15/h6-11H2,1-5H3,(H,18,20). The van der Waals surface area contributed by atoms with E-state index in [4.69, 9.17) is 4.74 Å². The summed E-state index contributed by atoms with van der Waals surface area (Å²) < 4.78 is 5.54. The first-order chi connectivity index (χ1) is 10.3. The molecule has 0 bridgehead atoms. The van der Waals surface area contributed by atoms with E-state index in [-0.39, 0.29) is 11.3 Å². The van der Waals surface area contributed by atoms with Gasteiger partial charge in [-0.15, -0.1) is 11.3 Å². The first kappa shape index (κ1) is 17.3. The van der Waals surface area contributed by atoms with E-state index in [0.717, 1.165) is 30.0 Å². The van der Waals surface area contributed by atoms with Crippen LogP contribution in [0.5, 0.6) is 5.75 Å². The number of ether oxygens (including phenoxy) is 1. The van der Waals surface area contributed by atoms with Gasteiger partial charge < -0.3 is 15.0 Å². The maximum absolute atomic E-state index is 12.6. The van der Waals surface area contributed by atoms with E-state index in [2.05, 4.69) is 38.2 Å². The summed E-state index contributed by atoms with van der Waals surface area (Å²) in [6.45, 7) is 5.94. The lowest BCUT2D eigenvalue weighted by Crippen LogP contribution is -2.39. The Morgan fingerprint density at radius 3 is 2.64 bits per heavy atom. The van der Waals surface area contributed by atoms with Gasteiger partial charge >= 0.3 is 0 Å². The zero-order valence-corrected chi connectivity index (χ0v) is 15.2. The second-order valence-electron chi connectivity index (χ2n) is 7.16. The van der Waals surface area contributed by atoms with Gasteiger partial charge in [-0.25, -0.2) is 0 Å². The summed E-state index contributed by atoms with van der Waals surface area (Å²) in [5.41, 5.74) is 1.31. The summed E-state index contributed by atoms with van der Waals surface area (Å²) in [7, 11) is 5.78. The van der Waals surface area contributed by atoms with E-state index in [0.29, 0.717) is 6.54 Å². The second kappa shape index (κ2) is 7.01. The molecule has 0 saturated heterocycles. The summed E-state index contributed by atoms with van der Waals surface area (Å²) in [5, 5.41) is 3.09. The maximum Gasteiger partial charge on any atom is 0.265 e. The summed E-state index contributed by atoms with van der Waals surface area (Å²) in [4.78, 5) is 16.8. The molecule has 0 aliphatic heterocycles. The Morgan fingerprint density at radius 1 is 1.32 bits per heavy atom. The first-order valence-electron chi connectivity index (χ1n) is 7.95. The predicted octanol–water partition coefficient (Wildman–Crippen LogP) is 2.95. The molecule has 1 aromatic rings. The molecule has 0 atom stereocenters. The van der Waals surface area contributed by atoms with E-state index >= 15 is 0 Å². The number of fused-ring (bicyclic) bond motifs is 1. The Kier molecular flexibility index (Phi) is 5.50. The molecular weight excluding hydrogens is 296 g/mol. The van der Waals surface area contributed by atoms with Gasteiger partial charge in [-0.05, 0) is 45.2 Å². The number of carbonyl (C=O) groups excluding carboxylic acids is 1. The third-order valence-corrected chi connectivity index (χ3v) is 5.28. The quantitative estimate of drug-likeness (QED) is 0.875. The van der Waals surface area contributed by atoms with Crippen LogP contribution >= 0.6 is 11.3 Å². The third-order valence-electron chi connectivity index (χ3n) is 4.00.